The van der Waals surface area contributed by atoms with Crippen molar-refractivity contribution in [2.75, 3.05) is 13.2 Å². The van der Waals surface area contributed by atoms with E-state index in [4.69, 9.17) is 9.47 Å². The number of hydrogen-bond acceptors (Lipinski definition) is 4. The van der Waals surface area contributed by atoms with Gasteiger partial charge in [-0.2, -0.15) is 0 Å². The quantitative estimate of drug-likeness (QED) is 0.453. The van der Waals surface area contributed by atoms with Crippen LogP contribution in [0.5, 0.6) is 0 Å². The second-order valence-electron chi connectivity index (χ2n) is 5.37. The summed E-state index contributed by atoms with van der Waals surface area (Å²) in [6.45, 7) is 10.2. The van der Waals surface area contributed by atoms with Gasteiger partial charge in [-0.15, -0.1) is 0 Å². The molecule has 0 aliphatic heterocycles. The molecule has 1 atom stereocenters. The Balaban J connectivity index is 5.30. The van der Waals surface area contributed by atoms with Gasteiger partial charge in [-0.05, 0) is 32.6 Å². The van der Waals surface area contributed by atoms with E-state index in [0.717, 1.165) is 19.3 Å². The average Bonchev–Trinajstić information content (AvgIpc) is 2.38. The molecule has 0 aromatic heterocycles. The second-order valence-corrected chi connectivity index (χ2v) is 5.37. The lowest BCUT2D eigenvalue weighted by atomic mass is 9.75. The lowest BCUT2D eigenvalue weighted by Crippen LogP contribution is -2.43. The third-order valence-corrected chi connectivity index (χ3v) is 3.49. The maximum atomic E-state index is 12.4. The van der Waals surface area contributed by atoms with E-state index in [0.29, 0.717) is 18.8 Å². The van der Waals surface area contributed by atoms with Crippen molar-refractivity contribution in [3.05, 3.63) is 0 Å². The molecule has 0 rings (SSSR count). The molecule has 0 saturated heterocycles. The summed E-state index contributed by atoms with van der Waals surface area (Å²) < 4.78 is 10.3. The van der Waals surface area contributed by atoms with Gasteiger partial charge in [-0.3, -0.25) is 9.59 Å². The number of rotatable bonds is 10. The van der Waals surface area contributed by atoms with E-state index in [-0.39, 0.29) is 13.2 Å². The molecule has 0 heterocycles. The Kier molecular flexibility index (Phi) is 9.26. The van der Waals surface area contributed by atoms with Gasteiger partial charge in [0.15, 0.2) is 5.41 Å². The summed E-state index contributed by atoms with van der Waals surface area (Å²) in [6, 6.07) is 0. The zero-order chi connectivity index (χ0) is 15.6. The molecular weight excluding hydrogens is 256 g/mol. The van der Waals surface area contributed by atoms with Crippen molar-refractivity contribution in [3.63, 3.8) is 0 Å². The minimum atomic E-state index is -1.13. The van der Waals surface area contributed by atoms with Gasteiger partial charge in [0.05, 0.1) is 13.2 Å². The topological polar surface area (TPSA) is 52.6 Å². The van der Waals surface area contributed by atoms with Crippen molar-refractivity contribution in [1.29, 1.82) is 0 Å². The molecule has 0 saturated carbocycles. The van der Waals surface area contributed by atoms with Crippen molar-refractivity contribution in [2.45, 2.75) is 66.7 Å². The highest BCUT2D eigenvalue weighted by Gasteiger charge is 2.48. The maximum Gasteiger partial charge on any atom is 0.323 e. The number of carbonyl (C=O) groups excluding carboxylic acids is 2. The van der Waals surface area contributed by atoms with Crippen LogP contribution in [0.4, 0.5) is 0 Å². The van der Waals surface area contributed by atoms with Crippen molar-refractivity contribution in [1.82, 2.24) is 0 Å². The molecule has 0 amide bonds. The van der Waals surface area contributed by atoms with Crippen LogP contribution in [-0.2, 0) is 19.1 Å². The Morgan fingerprint density at radius 1 is 0.950 bits per heavy atom. The van der Waals surface area contributed by atoms with E-state index in [9.17, 15) is 9.59 Å². The summed E-state index contributed by atoms with van der Waals surface area (Å²) >= 11 is 0. The predicted molar refractivity (Wildman–Crippen MR) is 79.3 cm³/mol. The predicted octanol–water partition coefficient (Wildman–Crippen LogP) is 3.73. The zero-order valence-electron chi connectivity index (χ0n) is 13.7. The summed E-state index contributed by atoms with van der Waals surface area (Å²) in [6.07, 6.45) is 3.76. The highest BCUT2D eigenvalue weighted by molar-refractivity contribution is 6.00. The summed E-state index contributed by atoms with van der Waals surface area (Å²) in [5.74, 6) is -0.563. The van der Waals surface area contributed by atoms with Crippen molar-refractivity contribution < 1.29 is 19.1 Å². The van der Waals surface area contributed by atoms with E-state index in [1.807, 2.05) is 6.92 Å². The number of ether oxygens (including phenoxy) is 2. The minimum Gasteiger partial charge on any atom is -0.465 e. The highest BCUT2D eigenvalue weighted by Crippen LogP contribution is 2.36. The largest absolute Gasteiger partial charge is 0.465 e. The molecule has 4 heteroatoms. The van der Waals surface area contributed by atoms with Gasteiger partial charge >= 0.3 is 11.9 Å². The Morgan fingerprint density at radius 2 is 1.45 bits per heavy atom. The molecule has 0 fully saturated rings. The molecule has 20 heavy (non-hydrogen) atoms. The third-order valence-electron chi connectivity index (χ3n) is 3.49. The normalized spacial score (nSPS) is 12.8. The summed E-state index contributed by atoms with van der Waals surface area (Å²) in [5.41, 5.74) is -1.13. The first-order valence-electron chi connectivity index (χ1n) is 7.82. The smallest absolute Gasteiger partial charge is 0.323 e. The monoisotopic (exact) mass is 286 g/mol. The SMILES string of the molecule is CCCC(C)CC(CCC)(C(=O)OCC)C(=O)OCC. The molecule has 0 aromatic rings. The number of hydrogen-bond donors (Lipinski definition) is 0. The Hall–Kier alpha value is -1.06. The van der Waals surface area contributed by atoms with Gasteiger partial charge in [0, 0.05) is 0 Å². The van der Waals surface area contributed by atoms with Crippen molar-refractivity contribution >= 4 is 11.9 Å². The molecular formula is C16H30O4. The van der Waals surface area contributed by atoms with Gasteiger partial charge in [0.2, 0.25) is 0 Å². The Bertz CT molecular complexity index is 281. The fourth-order valence-electron chi connectivity index (χ4n) is 2.71. The lowest BCUT2D eigenvalue weighted by molar-refractivity contribution is -0.174. The molecule has 0 N–H and O–H groups in total. The van der Waals surface area contributed by atoms with Gasteiger partial charge < -0.3 is 9.47 Å². The molecule has 118 valence electrons. The first-order valence-corrected chi connectivity index (χ1v) is 7.82. The first-order chi connectivity index (χ1) is 9.48. The van der Waals surface area contributed by atoms with Crippen LogP contribution in [0.2, 0.25) is 0 Å². The van der Waals surface area contributed by atoms with Crippen LogP contribution in [-0.4, -0.2) is 25.2 Å². The van der Waals surface area contributed by atoms with Crippen LogP contribution >= 0.6 is 0 Å². The van der Waals surface area contributed by atoms with Gasteiger partial charge in [0.25, 0.3) is 0 Å². The van der Waals surface area contributed by atoms with Crippen LogP contribution in [0, 0.1) is 11.3 Å². The van der Waals surface area contributed by atoms with E-state index in [1.54, 1.807) is 13.8 Å². The number of esters is 2. The maximum absolute atomic E-state index is 12.4. The fraction of sp³-hybridized carbons (Fsp3) is 0.875. The highest BCUT2D eigenvalue weighted by atomic mass is 16.6. The van der Waals surface area contributed by atoms with Crippen LogP contribution in [0.25, 0.3) is 0 Å². The molecule has 0 radical (unpaired) electrons. The average molecular weight is 286 g/mol. The third kappa shape index (κ3) is 5.14. The lowest BCUT2D eigenvalue weighted by Gasteiger charge is -2.31. The summed E-state index contributed by atoms with van der Waals surface area (Å²) in [7, 11) is 0. The van der Waals surface area contributed by atoms with Gasteiger partial charge in [0.1, 0.15) is 0 Å². The second kappa shape index (κ2) is 9.78. The summed E-state index contributed by atoms with van der Waals surface area (Å²) in [5, 5.41) is 0. The van der Waals surface area contributed by atoms with Crippen LogP contribution in [0.15, 0.2) is 0 Å². The van der Waals surface area contributed by atoms with Gasteiger partial charge in [-0.25, -0.2) is 0 Å². The van der Waals surface area contributed by atoms with Crippen LogP contribution < -0.4 is 0 Å². The van der Waals surface area contributed by atoms with Gasteiger partial charge in [-0.1, -0.05) is 40.0 Å². The fourth-order valence-corrected chi connectivity index (χ4v) is 2.71. The van der Waals surface area contributed by atoms with Crippen LogP contribution in [0.1, 0.15) is 66.7 Å². The molecule has 0 aliphatic rings. The molecule has 1 unspecified atom stereocenters. The molecule has 0 aromatic carbocycles. The van der Waals surface area contributed by atoms with E-state index in [2.05, 4.69) is 13.8 Å². The molecule has 4 nitrogen and oxygen atoms in total. The molecule has 0 bridgehead atoms. The minimum absolute atomic E-state index is 0.284. The van der Waals surface area contributed by atoms with E-state index in [1.165, 1.54) is 0 Å². The number of carbonyl (C=O) groups is 2. The Labute approximate surface area is 123 Å². The zero-order valence-corrected chi connectivity index (χ0v) is 13.7. The van der Waals surface area contributed by atoms with Crippen LogP contribution in [0.3, 0.4) is 0 Å². The first kappa shape index (κ1) is 18.9. The molecule has 0 aliphatic carbocycles. The standard InChI is InChI=1S/C16H30O4/c1-6-10-13(5)12-16(11-7-2,14(17)19-8-3)15(18)20-9-4/h13H,6-12H2,1-5H3. The van der Waals surface area contributed by atoms with Crippen molar-refractivity contribution in [2.24, 2.45) is 11.3 Å². The Morgan fingerprint density at radius 3 is 1.80 bits per heavy atom. The van der Waals surface area contributed by atoms with E-state index >= 15 is 0 Å². The summed E-state index contributed by atoms with van der Waals surface area (Å²) in [4.78, 5) is 24.8. The van der Waals surface area contributed by atoms with E-state index < -0.39 is 17.4 Å². The van der Waals surface area contributed by atoms with Crippen molar-refractivity contribution in [3.8, 4) is 0 Å². The molecule has 0 spiro atoms.